The fourth-order valence-electron chi connectivity index (χ4n) is 2.28. The SMILES string of the molecule is CCCCCCCCCCCCCCC[CH-]N.[Ag+]. The maximum absolute atomic E-state index is 5.34. The normalized spacial score (nSPS) is 10.3. The minimum absolute atomic E-state index is 0. The maximum atomic E-state index is 5.34. The Balaban J connectivity index is 0. The molecule has 0 rings (SSSR count). The third-order valence-corrected chi connectivity index (χ3v) is 3.47. The monoisotopic (exact) mass is 347 g/mol. The smallest absolute Gasteiger partial charge is 0.483 e. The van der Waals surface area contributed by atoms with Gasteiger partial charge in [-0.1, -0.05) is 90.4 Å². The molecule has 1 nitrogen and oxygen atoms in total. The minimum Gasteiger partial charge on any atom is -0.483 e. The van der Waals surface area contributed by atoms with Gasteiger partial charge in [-0.3, -0.25) is 6.54 Å². The van der Waals surface area contributed by atoms with Crippen molar-refractivity contribution >= 4 is 0 Å². The zero-order chi connectivity index (χ0) is 12.6. The summed E-state index contributed by atoms with van der Waals surface area (Å²) in [5, 5.41) is 0. The van der Waals surface area contributed by atoms with Crippen LogP contribution in [0.1, 0.15) is 96.8 Å². The Hall–Kier alpha value is 0.700. The largest absolute Gasteiger partial charge is 1.00 e. The van der Waals surface area contributed by atoms with Gasteiger partial charge < -0.3 is 5.73 Å². The number of nitrogens with two attached hydrogens (primary N) is 1. The van der Waals surface area contributed by atoms with E-state index in [1.807, 2.05) is 0 Å². The molecule has 0 radical (unpaired) electrons. The van der Waals surface area contributed by atoms with Crippen LogP contribution in [0.15, 0.2) is 0 Å². The Morgan fingerprint density at radius 3 is 1.28 bits per heavy atom. The Kier molecular flexibility index (Phi) is 23.4. The molecule has 0 aromatic rings. The van der Waals surface area contributed by atoms with Gasteiger partial charge >= 0.3 is 22.4 Å². The second-order valence-electron chi connectivity index (χ2n) is 5.27. The minimum atomic E-state index is 0. The van der Waals surface area contributed by atoms with Crippen molar-refractivity contribution in [2.45, 2.75) is 96.8 Å². The van der Waals surface area contributed by atoms with Gasteiger partial charge in [-0.25, -0.2) is 0 Å². The molecule has 0 spiro atoms. The van der Waals surface area contributed by atoms with Gasteiger partial charge in [0.05, 0.1) is 0 Å². The quantitative estimate of drug-likeness (QED) is 0.247. The second-order valence-corrected chi connectivity index (χ2v) is 5.27. The molecule has 2 heteroatoms. The molecule has 2 N–H and O–H groups in total. The molecule has 18 heavy (non-hydrogen) atoms. The zero-order valence-electron chi connectivity index (χ0n) is 12.4. The summed E-state index contributed by atoms with van der Waals surface area (Å²) < 4.78 is 0. The topological polar surface area (TPSA) is 26.0 Å². The summed E-state index contributed by atoms with van der Waals surface area (Å²) in [5.41, 5.74) is 5.34. The third kappa shape index (κ3) is 19.0. The van der Waals surface area contributed by atoms with Gasteiger partial charge in [0, 0.05) is 0 Å². The molecule has 0 aliphatic heterocycles. The molecule has 0 heterocycles. The molecule has 0 aliphatic rings. The van der Waals surface area contributed by atoms with Crippen molar-refractivity contribution in [1.82, 2.24) is 0 Å². The number of hydrogen-bond acceptors (Lipinski definition) is 1. The van der Waals surface area contributed by atoms with Crippen molar-refractivity contribution < 1.29 is 22.4 Å². The summed E-state index contributed by atoms with van der Waals surface area (Å²) in [6, 6.07) is 0. The third-order valence-electron chi connectivity index (χ3n) is 3.47. The molecule has 0 amide bonds. The fraction of sp³-hybridized carbons (Fsp3) is 0.938. The average Bonchev–Trinajstić information content (AvgIpc) is 2.35. The van der Waals surface area contributed by atoms with Gasteiger partial charge in [-0.2, -0.15) is 6.42 Å². The van der Waals surface area contributed by atoms with Crippen molar-refractivity contribution in [3.05, 3.63) is 6.54 Å². The first-order valence-corrected chi connectivity index (χ1v) is 7.95. The average molecular weight is 348 g/mol. The van der Waals surface area contributed by atoms with Crippen LogP contribution >= 0.6 is 0 Å². The van der Waals surface area contributed by atoms with Gasteiger partial charge in [0.25, 0.3) is 0 Å². The molecule has 0 saturated carbocycles. The van der Waals surface area contributed by atoms with Crippen molar-refractivity contribution in [3.8, 4) is 0 Å². The van der Waals surface area contributed by atoms with Crippen LogP contribution in [0.25, 0.3) is 0 Å². The zero-order valence-corrected chi connectivity index (χ0v) is 13.8. The summed E-state index contributed by atoms with van der Waals surface area (Å²) >= 11 is 0. The first kappa shape index (κ1) is 21.0. The van der Waals surface area contributed by atoms with Crippen LogP contribution < -0.4 is 5.73 Å². The van der Waals surface area contributed by atoms with E-state index in [-0.39, 0.29) is 22.4 Å². The summed E-state index contributed by atoms with van der Waals surface area (Å²) in [7, 11) is 0. The molecule has 0 aromatic carbocycles. The molecule has 0 atom stereocenters. The van der Waals surface area contributed by atoms with E-state index in [0.29, 0.717) is 0 Å². The molecule has 0 aliphatic carbocycles. The molecular weight excluding hydrogens is 314 g/mol. The maximum Gasteiger partial charge on any atom is 1.00 e. The Morgan fingerprint density at radius 2 is 0.944 bits per heavy atom. The first-order valence-electron chi connectivity index (χ1n) is 7.95. The molecule has 0 bridgehead atoms. The van der Waals surface area contributed by atoms with Crippen LogP contribution in [0.2, 0.25) is 0 Å². The van der Waals surface area contributed by atoms with Crippen molar-refractivity contribution in [1.29, 1.82) is 0 Å². The summed E-state index contributed by atoms with van der Waals surface area (Å²) in [6.07, 6.45) is 19.6. The van der Waals surface area contributed by atoms with Crippen LogP contribution in [-0.2, 0) is 22.4 Å². The van der Waals surface area contributed by atoms with Crippen LogP contribution in [0.5, 0.6) is 0 Å². The van der Waals surface area contributed by atoms with Gasteiger partial charge in [0.2, 0.25) is 0 Å². The van der Waals surface area contributed by atoms with E-state index in [2.05, 4.69) is 6.92 Å². The predicted octanol–water partition coefficient (Wildman–Crippen LogP) is 5.59. The summed E-state index contributed by atoms with van der Waals surface area (Å²) in [6.45, 7) is 4.07. The standard InChI is InChI=1S/C16H34N.Ag/c1-2-3-4-5-6-7-8-9-10-11-12-13-14-15-16-17;/h16H,2-15,17H2,1H3;/q-1;+1. The first-order chi connectivity index (χ1) is 8.41. The number of rotatable bonds is 14. The Morgan fingerprint density at radius 1 is 0.611 bits per heavy atom. The number of unbranched alkanes of at least 4 members (excludes halogenated alkanes) is 13. The van der Waals surface area contributed by atoms with Gasteiger partial charge in [0.15, 0.2) is 0 Å². The molecule has 0 fully saturated rings. The number of hydrogen-bond donors (Lipinski definition) is 1. The molecule has 0 aromatic heterocycles. The van der Waals surface area contributed by atoms with Crippen molar-refractivity contribution in [2.75, 3.05) is 0 Å². The molecular formula is C16H34AgN. The second kappa shape index (κ2) is 20.0. The Labute approximate surface area is 131 Å². The van der Waals surface area contributed by atoms with E-state index in [0.717, 1.165) is 6.42 Å². The van der Waals surface area contributed by atoms with Crippen molar-refractivity contribution in [2.24, 2.45) is 5.73 Å². The molecule has 0 saturated heterocycles. The van der Waals surface area contributed by atoms with E-state index in [4.69, 9.17) is 5.73 Å². The van der Waals surface area contributed by atoms with E-state index < -0.39 is 0 Å². The Bertz CT molecular complexity index is 114. The van der Waals surface area contributed by atoms with Crippen molar-refractivity contribution in [3.63, 3.8) is 0 Å². The van der Waals surface area contributed by atoms with Gasteiger partial charge in [0.1, 0.15) is 0 Å². The van der Waals surface area contributed by atoms with E-state index in [1.165, 1.54) is 83.5 Å². The summed E-state index contributed by atoms with van der Waals surface area (Å²) in [4.78, 5) is 0. The van der Waals surface area contributed by atoms with Crippen LogP contribution in [0, 0.1) is 6.54 Å². The van der Waals surface area contributed by atoms with Crippen LogP contribution in [0.4, 0.5) is 0 Å². The van der Waals surface area contributed by atoms with Gasteiger partial charge in [-0.05, 0) is 0 Å². The van der Waals surface area contributed by atoms with E-state index in [9.17, 15) is 0 Å². The van der Waals surface area contributed by atoms with E-state index in [1.54, 1.807) is 6.54 Å². The fourth-order valence-corrected chi connectivity index (χ4v) is 2.28. The molecule has 114 valence electrons. The van der Waals surface area contributed by atoms with Crippen LogP contribution in [0.3, 0.4) is 0 Å². The predicted molar refractivity (Wildman–Crippen MR) is 78.8 cm³/mol. The molecule has 0 unspecified atom stereocenters. The van der Waals surface area contributed by atoms with E-state index >= 15 is 0 Å². The summed E-state index contributed by atoms with van der Waals surface area (Å²) in [5.74, 6) is 0. The van der Waals surface area contributed by atoms with Gasteiger partial charge in [-0.15, -0.1) is 0 Å². The van der Waals surface area contributed by atoms with Crippen LogP contribution in [-0.4, -0.2) is 0 Å².